The molecule has 2 aromatic carbocycles. The van der Waals surface area contributed by atoms with E-state index in [0.717, 1.165) is 24.2 Å². The van der Waals surface area contributed by atoms with Crippen molar-refractivity contribution in [2.45, 2.75) is 19.8 Å². The summed E-state index contributed by atoms with van der Waals surface area (Å²) >= 11 is 0. The number of hydrogen-bond acceptors (Lipinski definition) is 3. The molecule has 5 nitrogen and oxygen atoms in total. The minimum atomic E-state index is -0.509. The van der Waals surface area contributed by atoms with E-state index in [1.807, 2.05) is 19.1 Å². The Balaban J connectivity index is 1.61. The SMILES string of the molecule is Cc1cc(NC(=O)COc2ccccc2F)ccc1N1CCCC1=O. The zero-order valence-corrected chi connectivity index (χ0v) is 13.9. The monoisotopic (exact) mass is 342 g/mol. The van der Waals surface area contributed by atoms with E-state index in [9.17, 15) is 14.0 Å². The van der Waals surface area contributed by atoms with E-state index in [4.69, 9.17) is 4.74 Å². The number of aryl methyl sites for hydroxylation is 1. The molecule has 6 heteroatoms. The van der Waals surface area contributed by atoms with Crippen LogP contribution in [0.25, 0.3) is 0 Å². The second-order valence-electron chi connectivity index (χ2n) is 5.92. The van der Waals surface area contributed by atoms with Gasteiger partial charge in [-0.15, -0.1) is 0 Å². The van der Waals surface area contributed by atoms with E-state index in [-0.39, 0.29) is 24.2 Å². The van der Waals surface area contributed by atoms with Gasteiger partial charge in [-0.25, -0.2) is 4.39 Å². The van der Waals surface area contributed by atoms with Gasteiger partial charge in [-0.1, -0.05) is 12.1 Å². The van der Waals surface area contributed by atoms with Gasteiger partial charge in [0.25, 0.3) is 5.91 Å². The average molecular weight is 342 g/mol. The van der Waals surface area contributed by atoms with Gasteiger partial charge in [0.15, 0.2) is 18.2 Å². The largest absolute Gasteiger partial charge is 0.481 e. The smallest absolute Gasteiger partial charge is 0.262 e. The molecule has 1 aliphatic rings. The van der Waals surface area contributed by atoms with Crippen molar-refractivity contribution in [3.8, 4) is 5.75 Å². The summed E-state index contributed by atoms with van der Waals surface area (Å²) < 4.78 is 18.6. The molecule has 1 fully saturated rings. The number of amides is 2. The van der Waals surface area contributed by atoms with Crippen molar-refractivity contribution < 1.29 is 18.7 Å². The maximum absolute atomic E-state index is 13.5. The number of carbonyl (C=O) groups excluding carboxylic acids is 2. The van der Waals surface area contributed by atoms with Crippen LogP contribution in [0.3, 0.4) is 0 Å². The standard InChI is InChI=1S/C19H19FN2O3/c1-13-11-14(8-9-16(13)22-10-4-7-19(22)24)21-18(23)12-25-17-6-3-2-5-15(17)20/h2-3,5-6,8-9,11H,4,7,10,12H2,1H3,(H,21,23). The Hall–Kier alpha value is -2.89. The fraction of sp³-hybridized carbons (Fsp3) is 0.263. The van der Waals surface area contributed by atoms with Crippen molar-refractivity contribution >= 4 is 23.2 Å². The van der Waals surface area contributed by atoms with E-state index in [1.165, 1.54) is 12.1 Å². The first-order valence-electron chi connectivity index (χ1n) is 8.13. The number of ether oxygens (including phenoxy) is 1. The van der Waals surface area contributed by atoms with Crippen LogP contribution in [0.4, 0.5) is 15.8 Å². The zero-order valence-electron chi connectivity index (χ0n) is 13.9. The molecular weight excluding hydrogens is 323 g/mol. The van der Waals surface area contributed by atoms with Crippen LogP contribution in [-0.4, -0.2) is 25.0 Å². The molecule has 1 heterocycles. The van der Waals surface area contributed by atoms with E-state index in [2.05, 4.69) is 5.32 Å². The number of halogens is 1. The highest BCUT2D eigenvalue weighted by atomic mass is 19.1. The summed E-state index contributed by atoms with van der Waals surface area (Å²) in [6, 6.07) is 11.3. The van der Waals surface area contributed by atoms with Crippen molar-refractivity contribution in [1.29, 1.82) is 0 Å². The third kappa shape index (κ3) is 3.96. The first-order chi connectivity index (χ1) is 12.0. The predicted octanol–water partition coefficient (Wildman–Crippen LogP) is 3.28. The van der Waals surface area contributed by atoms with Crippen LogP contribution < -0.4 is 15.0 Å². The molecule has 2 amide bonds. The van der Waals surface area contributed by atoms with Crippen molar-refractivity contribution in [2.24, 2.45) is 0 Å². The summed E-state index contributed by atoms with van der Waals surface area (Å²) in [7, 11) is 0. The molecule has 0 bridgehead atoms. The van der Waals surface area contributed by atoms with Gasteiger partial charge in [0, 0.05) is 24.3 Å². The van der Waals surface area contributed by atoms with E-state index in [0.29, 0.717) is 12.1 Å². The fourth-order valence-corrected chi connectivity index (χ4v) is 2.84. The highest BCUT2D eigenvalue weighted by Crippen LogP contribution is 2.27. The van der Waals surface area contributed by atoms with Gasteiger partial charge in [0.2, 0.25) is 5.91 Å². The Kier molecular flexibility index (Phi) is 4.97. The fourth-order valence-electron chi connectivity index (χ4n) is 2.84. The maximum Gasteiger partial charge on any atom is 0.262 e. The van der Waals surface area contributed by atoms with Crippen LogP contribution in [0.15, 0.2) is 42.5 Å². The molecule has 0 spiro atoms. The zero-order chi connectivity index (χ0) is 17.8. The molecule has 1 saturated heterocycles. The van der Waals surface area contributed by atoms with Gasteiger partial charge in [-0.05, 0) is 49.2 Å². The predicted molar refractivity (Wildman–Crippen MR) is 93.3 cm³/mol. The van der Waals surface area contributed by atoms with E-state index in [1.54, 1.807) is 23.1 Å². The molecule has 0 aliphatic carbocycles. The van der Waals surface area contributed by atoms with Crippen molar-refractivity contribution in [1.82, 2.24) is 0 Å². The van der Waals surface area contributed by atoms with Gasteiger partial charge in [-0.3, -0.25) is 9.59 Å². The van der Waals surface area contributed by atoms with E-state index >= 15 is 0 Å². The molecule has 1 N–H and O–H groups in total. The van der Waals surface area contributed by atoms with Gasteiger partial charge >= 0.3 is 0 Å². The topological polar surface area (TPSA) is 58.6 Å². The highest BCUT2D eigenvalue weighted by Gasteiger charge is 2.23. The number of anilines is 2. The molecule has 0 atom stereocenters. The van der Waals surface area contributed by atoms with Gasteiger partial charge in [0.05, 0.1) is 0 Å². The number of benzene rings is 2. The minimum absolute atomic E-state index is 0.0386. The lowest BCUT2D eigenvalue weighted by Crippen LogP contribution is -2.25. The second kappa shape index (κ2) is 7.34. The second-order valence-corrected chi connectivity index (χ2v) is 5.92. The van der Waals surface area contributed by atoms with Crippen LogP contribution in [0, 0.1) is 12.7 Å². The minimum Gasteiger partial charge on any atom is -0.481 e. The Bertz CT molecular complexity index is 807. The van der Waals surface area contributed by atoms with Crippen LogP contribution in [0.5, 0.6) is 5.75 Å². The van der Waals surface area contributed by atoms with Gasteiger partial charge in [0.1, 0.15) is 0 Å². The molecule has 2 aromatic rings. The summed E-state index contributed by atoms with van der Waals surface area (Å²) in [5, 5.41) is 2.71. The Morgan fingerprint density at radius 1 is 1.28 bits per heavy atom. The number of nitrogens with one attached hydrogen (secondary N) is 1. The summed E-state index contributed by atoms with van der Waals surface area (Å²) in [6.07, 6.45) is 1.44. The summed E-state index contributed by atoms with van der Waals surface area (Å²) in [6.45, 7) is 2.33. The molecular formula is C19H19FN2O3. The molecule has 0 saturated carbocycles. The maximum atomic E-state index is 13.5. The Morgan fingerprint density at radius 2 is 2.08 bits per heavy atom. The molecule has 25 heavy (non-hydrogen) atoms. The molecule has 130 valence electrons. The van der Waals surface area contributed by atoms with Gasteiger partial charge < -0.3 is 15.0 Å². The third-order valence-electron chi connectivity index (χ3n) is 4.04. The van der Waals surface area contributed by atoms with Crippen LogP contribution in [0.2, 0.25) is 0 Å². The van der Waals surface area contributed by atoms with Crippen molar-refractivity contribution in [3.63, 3.8) is 0 Å². The molecule has 1 aliphatic heterocycles. The number of hydrogen-bond donors (Lipinski definition) is 1. The normalized spacial score (nSPS) is 13.8. The molecule has 0 unspecified atom stereocenters. The first kappa shape index (κ1) is 17.0. The van der Waals surface area contributed by atoms with Crippen LogP contribution in [-0.2, 0) is 9.59 Å². The lowest BCUT2D eigenvalue weighted by Gasteiger charge is -2.19. The molecule has 0 aromatic heterocycles. The van der Waals surface area contributed by atoms with E-state index < -0.39 is 5.82 Å². The summed E-state index contributed by atoms with van der Waals surface area (Å²) in [4.78, 5) is 25.6. The Morgan fingerprint density at radius 3 is 2.76 bits per heavy atom. The van der Waals surface area contributed by atoms with Crippen molar-refractivity contribution in [3.05, 3.63) is 53.8 Å². The molecule has 0 radical (unpaired) electrons. The number of carbonyl (C=O) groups is 2. The highest BCUT2D eigenvalue weighted by molar-refractivity contribution is 5.97. The summed E-state index contributed by atoms with van der Waals surface area (Å²) in [5.74, 6) is -0.728. The third-order valence-corrected chi connectivity index (χ3v) is 4.04. The number of para-hydroxylation sites is 1. The Labute approximate surface area is 145 Å². The number of rotatable bonds is 5. The lowest BCUT2D eigenvalue weighted by atomic mass is 10.1. The molecule has 3 rings (SSSR count). The van der Waals surface area contributed by atoms with Crippen LogP contribution >= 0.6 is 0 Å². The quantitative estimate of drug-likeness (QED) is 0.907. The van der Waals surface area contributed by atoms with Crippen LogP contribution in [0.1, 0.15) is 18.4 Å². The lowest BCUT2D eigenvalue weighted by molar-refractivity contribution is -0.118. The number of nitrogens with zero attached hydrogens (tertiary/aromatic N) is 1. The average Bonchev–Trinajstić information content (AvgIpc) is 3.00. The van der Waals surface area contributed by atoms with Gasteiger partial charge in [-0.2, -0.15) is 0 Å². The van der Waals surface area contributed by atoms with Crippen molar-refractivity contribution in [2.75, 3.05) is 23.4 Å². The summed E-state index contributed by atoms with van der Waals surface area (Å²) in [5.41, 5.74) is 2.38. The first-order valence-corrected chi connectivity index (χ1v) is 8.13.